The highest BCUT2D eigenvalue weighted by Gasteiger charge is 2.10. The lowest BCUT2D eigenvalue weighted by molar-refractivity contribution is -0.118. The zero-order valence-electron chi connectivity index (χ0n) is 12.5. The molecule has 1 aromatic heterocycles. The van der Waals surface area contributed by atoms with Crippen LogP contribution in [-0.2, 0) is 18.3 Å². The number of benzene rings is 1. The quantitative estimate of drug-likeness (QED) is 0.567. The van der Waals surface area contributed by atoms with Gasteiger partial charge < -0.3 is 15.0 Å². The van der Waals surface area contributed by atoms with E-state index in [0.29, 0.717) is 34.6 Å². The van der Waals surface area contributed by atoms with Gasteiger partial charge in [-0.15, -0.1) is 10.2 Å². The Morgan fingerprint density at radius 1 is 1.39 bits per heavy atom. The van der Waals surface area contributed by atoms with E-state index in [1.54, 1.807) is 18.2 Å². The summed E-state index contributed by atoms with van der Waals surface area (Å²) in [5.41, 5.74) is 5.14. The smallest absolute Gasteiger partial charge is 0.217 e. The number of aryl methyl sites for hydroxylation is 1. The molecule has 0 aliphatic heterocycles. The molecule has 2 aromatic rings. The van der Waals surface area contributed by atoms with Gasteiger partial charge in [-0.2, -0.15) is 0 Å². The lowest BCUT2D eigenvalue weighted by Gasteiger charge is -2.08. The molecule has 124 valence electrons. The highest BCUT2D eigenvalue weighted by atomic mass is 35.5. The second kappa shape index (κ2) is 8.42. The number of primary amides is 1. The summed E-state index contributed by atoms with van der Waals surface area (Å²) < 4.78 is 7.46. The van der Waals surface area contributed by atoms with Crippen LogP contribution in [0.15, 0.2) is 23.4 Å². The Hall–Kier alpha value is -1.44. The van der Waals surface area contributed by atoms with Crippen LogP contribution in [0, 0.1) is 0 Å². The molecule has 1 aromatic carbocycles. The monoisotopic (exact) mass is 374 g/mol. The Kier molecular flexibility index (Phi) is 6.56. The van der Waals surface area contributed by atoms with Crippen molar-refractivity contribution < 1.29 is 9.53 Å². The van der Waals surface area contributed by atoms with E-state index in [0.717, 1.165) is 11.0 Å². The Balaban J connectivity index is 1.81. The van der Waals surface area contributed by atoms with Crippen LogP contribution in [0.4, 0.5) is 0 Å². The van der Waals surface area contributed by atoms with Crippen molar-refractivity contribution in [1.29, 1.82) is 0 Å². The first-order chi connectivity index (χ1) is 11.0. The number of ether oxygens (including phenoxy) is 1. The van der Waals surface area contributed by atoms with Gasteiger partial charge in [0.2, 0.25) is 5.91 Å². The number of nitrogens with two attached hydrogens (primary N) is 1. The zero-order chi connectivity index (χ0) is 16.8. The molecule has 0 saturated carbocycles. The zero-order valence-corrected chi connectivity index (χ0v) is 14.8. The highest BCUT2D eigenvalue weighted by molar-refractivity contribution is 7.99. The van der Waals surface area contributed by atoms with Crippen LogP contribution in [0.3, 0.4) is 0 Å². The first-order valence-electron chi connectivity index (χ1n) is 6.84. The van der Waals surface area contributed by atoms with Crippen LogP contribution >= 0.6 is 35.0 Å². The van der Waals surface area contributed by atoms with Crippen molar-refractivity contribution in [3.05, 3.63) is 34.1 Å². The van der Waals surface area contributed by atoms with Crippen LogP contribution < -0.4 is 10.5 Å². The fourth-order valence-electron chi connectivity index (χ4n) is 1.80. The SMILES string of the molecule is Cn1c(CCC(N)=O)nnc1SCCOc1ccc(Cl)cc1Cl. The van der Waals surface area contributed by atoms with E-state index in [2.05, 4.69) is 10.2 Å². The standard InChI is InChI=1S/C14H16Cl2N4O2S/c1-20-13(5-4-12(17)21)18-19-14(20)23-7-6-22-11-3-2-9(15)8-10(11)16/h2-3,8H,4-7H2,1H3,(H2,17,21). The number of carbonyl (C=O) groups is 1. The van der Waals surface area contributed by atoms with Crippen LogP contribution in [-0.4, -0.2) is 33.0 Å². The van der Waals surface area contributed by atoms with Crippen LogP contribution in [0.25, 0.3) is 0 Å². The summed E-state index contributed by atoms with van der Waals surface area (Å²) in [6, 6.07) is 5.10. The number of aromatic nitrogens is 3. The predicted molar refractivity (Wildman–Crippen MR) is 91.2 cm³/mol. The second-order valence-electron chi connectivity index (χ2n) is 4.70. The van der Waals surface area contributed by atoms with Crippen molar-refractivity contribution in [1.82, 2.24) is 14.8 Å². The first kappa shape index (κ1) is 17.9. The molecule has 2 rings (SSSR count). The Morgan fingerprint density at radius 3 is 2.87 bits per heavy atom. The number of nitrogens with zero attached hydrogens (tertiary/aromatic N) is 3. The minimum atomic E-state index is -0.351. The maximum Gasteiger partial charge on any atom is 0.217 e. The maximum absolute atomic E-state index is 10.8. The average Bonchev–Trinajstić information content (AvgIpc) is 2.84. The summed E-state index contributed by atoms with van der Waals surface area (Å²) in [4.78, 5) is 10.8. The van der Waals surface area contributed by atoms with Gasteiger partial charge >= 0.3 is 0 Å². The average molecular weight is 375 g/mol. The molecule has 1 amide bonds. The summed E-state index contributed by atoms with van der Waals surface area (Å²) in [6.45, 7) is 0.468. The van der Waals surface area contributed by atoms with Gasteiger partial charge in [-0.3, -0.25) is 4.79 Å². The molecule has 0 fully saturated rings. The van der Waals surface area contributed by atoms with E-state index in [1.165, 1.54) is 11.8 Å². The number of amides is 1. The molecule has 6 nitrogen and oxygen atoms in total. The molecule has 0 bridgehead atoms. The van der Waals surface area contributed by atoms with Crippen molar-refractivity contribution in [2.24, 2.45) is 12.8 Å². The van der Waals surface area contributed by atoms with E-state index >= 15 is 0 Å². The molecule has 0 radical (unpaired) electrons. The predicted octanol–water partition coefficient (Wildman–Crippen LogP) is 2.71. The molecule has 0 saturated heterocycles. The Labute approximate surface area is 148 Å². The molecule has 0 atom stereocenters. The van der Waals surface area contributed by atoms with Gasteiger partial charge in [-0.05, 0) is 18.2 Å². The van der Waals surface area contributed by atoms with E-state index in [4.69, 9.17) is 33.7 Å². The fraction of sp³-hybridized carbons (Fsp3) is 0.357. The van der Waals surface area contributed by atoms with Crippen molar-refractivity contribution in [3.8, 4) is 5.75 Å². The maximum atomic E-state index is 10.8. The number of halogens is 2. The lowest BCUT2D eigenvalue weighted by atomic mass is 10.3. The number of rotatable bonds is 8. The third-order valence-corrected chi connectivity index (χ3v) is 4.50. The van der Waals surface area contributed by atoms with Gasteiger partial charge in [0.05, 0.1) is 11.6 Å². The van der Waals surface area contributed by atoms with Crippen molar-refractivity contribution >= 4 is 40.9 Å². The van der Waals surface area contributed by atoms with Crippen molar-refractivity contribution in [3.63, 3.8) is 0 Å². The van der Waals surface area contributed by atoms with Gasteiger partial charge in [-0.25, -0.2) is 0 Å². The van der Waals surface area contributed by atoms with Gasteiger partial charge in [0.25, 0.3) is 0 Å². The van der Waals surface area contributed by atoms with Crippen LogP contribution in [0.5, 0.6) is 5.75 Å². The highest BCUT2D eigenvalue weighted by Crippen LogP contribution is 2.27. The van der Waals surface area contributed by atoms with Gasteiger partial charge in [-0.1, -0.05) is 35.0 Å². The molecule has 0 aliphatic rings. The molecule has 0 unspecified atom stereocenters. The van der Waals surface area contributed by atoms with Gasteiger partial charge in [0, 0.05) is 30.7 Å². The van der Waals surface area contributed by atoms with E-state index in [-0.39, 0.29) is 12.3 Å². The summed E-state index contributed by atoms with van der Waals surface area (Å²) >= 11 is 13.4. The molecule has 0 aliphatic carbocycles. The molecule has 2 N–H and O–H groups in total. The van der Waals surface area contributed by atoms with E-state index in [9.17, 15) is 4.79 Å². The summed E-state index contributed by atoms with van der Waals surface area (Å²) in [6.07, 6.45) is 0.741. The fourth-order valence-corrected chi connectivity index (χ4v) is 3.01. The molecule has 9 heteroatoms. The second-order valence-corrected chi connectivity index (χ2v) is 6.60. The molecular weight excluding hydrogens is 359 g/mol. The van der Waals surface area contributed by atoms with Crippen molar-refractivity contribution in [2.75, 3.05) is 12.4 Å². The third kappa shape index (κ3) is 5.30. The molecular formula is C14H16Cl2N4O2S. The van der Waals surface area contributed by atoms with E-state index < -0.39 is 0 Å². The molecule has 1 heterocycles. The molecule has 23 heavy (non-hydrogen) atoms. The van der Waals surface area contributed by atoms with Crippen molar-refractivity contribution in [2.45, 2.75) is 18.0 Å². The van der Waals surface area contributed by atoms with E-state index in [1.807, 2.05) is 11.6 Å². The third-order valence-electron chi connectivity index (χ3n) is 2.99. The Bertz CT molecular complexity index is 693. The first-order valence-corrected chi connectivity index (χ1v) is 8.58. The summed E-state index contributed by atoms with van der Waals surface area (Å²) in [7, 11) is 1.86. The Morgan fingerprint density at radius 2 is 2.17 bits per heavy atom. The van der Waals surface area contributed by atoms with Crippen LogP contribution in [0.2, 0.25) is 10.0 Å². The number of thioether (sulfide) groups is 1. The van der Waals surface area contributed by atoms with Gasteiger partial charge in [0.15, 0.2) is 5.16 Å². The minimum absolute atomic E-state index is 0.259. The van der Waals surface area contributed by atoms with Gasteiger partial charge in [0.1, 0.15) is 11.6 Å². The number of hydrogen-bond donors (Lipinski definition) is 1. The van der Waals surface area contributed by atoms with Crippen LogP contribution in [0.1, 0.15) is 12.2 Å². The lowest BCUT2D eigenvalue weighted by Crippen LogP contribution is -2.13. The normalized spacial score (nSPS) is 10.7. The summed E-state index contributed by atoms with van der Waals surface area (Å²) in [5.74, 6) is 1.65. The largest absolute Gasteiger partial charge is 0.491 e. The summed E-state index contributed by atoms with van der Waals surface area (Å²) in [5, 5.41) is 9.96. The molecule has 0 spiro atoms. The number of carbonyl (C=O) groups excluding carboxylic acids is 1. The topological polar surface area (TPSA) is 83.0 Å². The number of hydrogen-bond acceptors (Lipinski definition) is 5. The minimum Gasteiger partial charge on any atom is -0.491 e.